The van der Waals surface area contributed by atoms with E-state index < -0.39 is 0 Å². The van der Waals surface area contributed by atoms with Gasteiger partial charge >= 0.3 is 0 Å². The Bertz CT molecular complexity index is 7300. The minimum absolute atomic E-state index is 0.0903. The zero-order valence-corrected chi connectivity index (χ0v) is 66.8. The smallest absolute Gasteiger partial charge is 0.252 e. The van der Waals surface area contributed by atoms with Crippen LogP contribution >= 0.6 is 0 Å². The predicted octanol–water partition coefficient (Wildman–Crippen LogP) is 24.5. The predicted molar refractivity (Wildman–Crippen MR) is 503 cm³/mol. The summed E-state index contributed by atoms with van der Waals surface area (Å²) < 4.78 is 2.35. The summed E-state index contributed by atoms with van der Waals surface area (Å²) in [4.78, 5) is 59.0. The van der Waals surface area contributed by atoms with E-state index in [1.807, 2.05) is 164 Å². The third kappa shape index (κ3) is 13.1. The number of aromatic nitrogens is 11. The first-order valence-electron chi connectivity index (χ1n) is 41.6. The molecule has 0 atom stereocenters. The molecular formula is C110H70BN13. The summed E-state index contributed by atoms with van der Waals surface area (Å²) in [5, 5.41) is 1.83. The highest BCUT2D eigenvalue weighted by Gasteiger charge is 2.44. The van der Waals surface area contributed by atoms with Crippen LogP contribution in [0, 0.1) is 0 Å². The van der Waals surface area contributed by atoms with Gasteiger partial charge in [0.25, 0.3) is 6.71 Å². The molecule has 0 fully saturated rings. The molecule has 5 aromatic heterocycles. The van der Waals surface area contributed by atoms with Crippen LogP contribution in [-0.4, -0.2) is 61.1 Å². The quantitative estimate of drug-likeness (QED) is 0.0851. The van der Waals surface area contributed by atoms with Crippen LogP contribution in [0.15, 0.2) is 425 Å². The fourth-order valence-corrected chi connectivity index (χ4v) is 17.7. The van der Waals surface area contributed by atoms with Crippen molar-refractivity contribution in [2.24, 2.45) is 0 Å². The van der Waals surface area contributed by atoms with Gasteiger partial charge in [0.05, 0.1) is 45.2 Å². The molecule has 2 aliphatic heterocycles. The second kappa shape index (κ2) is 30.8. The molecule has 21 aromatic rings. The second-order valence-corrected chi connectivity index (χ2v) is 31.0. The van der Waals surface area contributed by atoms with Crippen LogP contribution in [0.25, 0.3) is 175 Å². The molecule has 23 rings (SSSR count). The Kier molecular flexibility index (Phi) is 18.0. The molecule has 124 heavy (non-hydrogen) atoms. The van der Waals surface area contributed by atoms with E-state index in [1.165, 1.54) is 16.4 Å². The molecule has 7 heterocycles. The van der Waals surface area contributed by atoms with Crippen LogP contribution in [-0.2, 0) is 0 Å². The van der Waals surface area contributed by atoms with Gasteiger partial charge in [-0.05, 0) is 131 Å². The maximum absolute atomic E-state index is 5.95. The summed E-state index contributed by atoms with van der Waals surface area (Å²) in [6, 6.07) is 148. The van der Waals surface area contributed by atoms with Gasteiger partial charge in [-0.1, -0.05) is 315 Å². The van der Waals surface area contributed by atoms with Crippen molar-refractivity contribution in [3.8, 4) is 153 Å². The molecule has 0 amide bonds. The number of benzene rings is 16. The molecule has 2 aliphatic rings. The molecule has 16 aromatic carbocycles. The molecule has 14 heteroatoms. The highest BCUT2D eigenvalue weighted by Crippen LogP contribution is 2.50. The fourth-order valence-electron chi connectivity index (χ4n) is 17.7. The topological polar surface area (TPSA) is 140 Å². The van der Waals surface area contributed by atoms with Crippen molar-refractivity contribution in [3.63, 3.8) is 0 Å². The fraction of sp³-hybridized carbons (Fsp3) is 0. The van der Waals surface area contributed by atoms with Crippen molar-refractivity contribution < 1.29 is 0 Å². The minimum atomic E-state index is -0.0903. The molecule has 0 unspecified atom stereocenters. The lowest BCUT2D eigenvalue weighted by atomic mass is 9.33. The van der Waals surface area contributed by atoms with Gasteiger partial charge in [-0.15, -0.1) is 0 Å². The van der Waals surface area contributed by atoms with Crippen molar-refractivity contribution in [2.75, 3.05) is 9.80 Å². The number of nitrogens with zero attached hydrogens (tertiary/aromatic N) is 13. The Morgan fingerprint density at radius 1 is 0.185 bits per heavy atom. The van der Waals surface area contributed by atoms with Crippen molar-refractivity contribution >= 4 is 79.0 Å². The number of hydrogen-bond acceptors (Lipinski definition) is 12. The Morgan fingerprint density at radius 3 is 0.952 bits per heavy atom. The molecule has 0 bridgehead atoms. The summed E-state index contributed by atoms with van der Waals surface area (Å²) in [5.74, 6) is 4.33. The summed E-state index contributed by atoms with van der Waals surface area (Å²) in [6.45, 7) is -0.0903. The minimum Gasteiger partial charge on any atom is -0.311 e. The highest BCUT2D eigenvalue weighted by atomic mass is 15.2. The zero-order chi connectivity index (χ0) is 82.0. The van der Waals surface area contributed by atoms with E-state index in [2.05, 4.69) is 275 Å². The Hall–Kier alpha value is -16.8. The Balaban J connectivity index is 0.770. The number of anilines is 6. The summed E-state index contributed by atoms with van der Waals surface area (Å²) >= 11 is 0. The van der Waals surface area contributed by atoms with Crippen molar-refractivity contribution in [3.05, 3.63) is 425 Å². The largest absolute Gasteiger partial charge is 0.311 e. The molecule has 0 radical (unpaired) electrons. The normalized spacial score (nSPS) is 12.0. The van der Waals surface area contributed by atoms with E-state index in [-0.39, 0.29) is 6.71 Å². The summed E-state index contributed by atoms with van der Waals surface area (Å²) in [5.41, 5.74) is 28.3. The maximum Gasteiger partial charge on any atom is 0.252 e. The lowest BCUT2D eigenvalue weighted by molar-refractivity contribution is 1.07. The van der Waals surface area contributed by atoms with E-state index >= 15 is 0 Å². The van der Waals surface area contributed by atoms with Crippen LogP contribution in [0.1, 0.15) is 0 Å². The summed E-state index contributed by atoms with van der Waals surface area (Å²) in [7, 11) is 0. The number of rotatable bonds is 16. The van der Waals surface area contributed by atoms with Gasteiger partial charge in [-0.2, -0.15) is 0 Å². The zero-order valence-electron chi connectivity index (χ0n) is 66.8. The molecular weight excluding hydrogens is 1510 g/mol. The molecule has 0 saturated carbocycles. The second-order valence-electron chi connectivity index (χ2n) is 31.0. The van der Waals surface area contributed by atoms with Gasteiger partial charge in [-0.25, -0.2) is 49.8 Å². The van der Waals surface area contributed by atoms with E-state index in [0.29, 0.717) is 52.3 Å². The van der Waals surface area contributed by atoms with E-state index in [4.69, 9.17) is 49.8 Å². The van der Waals surface area contributed by atoms with Crippen molar-refractivity contribution in [1.29, 1.82) is 0 Å². The van der Waals surface area contributed by atoms with Crippen molar-refractivity contribution in [2.45, 2.75) is 0 Å². The molecule has 0 N–H and O–H groups in total. The third-order valence-corrected chi connectivity index (χ3v) is 23.5. The van der Waals surface area contributed by atoms with Crippen LogP contribution < -0.4 is 26.2 Å². The third-order valence-electron chi connectivity index (χ3n) is 23.5. The Morgan fingerprint density at radius 2 is 0.508 bits per heavy atom. The maximum atomic E-state index is 5.95. The van der Waals surface area contributed by atoms with Crippen LogP contribution in [0.3, 0.4) is 0 Å². The van der Waals surface area contributed by atoms with Crippen LogP contribution in [0.5, 0.6) is 0 Å². The van der Waals surface area contributed by atoms with Gasteiger partial charge in [0.1, 0.15) is 0 Å². The Labute approximate surface area is 716 Å². The van der Waals surface area contributed by atoms with Gasteiger partial charge in [0.15, 0.2) is 46.6 Å². The molecule has 578 valence electrons. The molecule has 0 spiro atoms. The molecule has 13 nitrogen and oxygen atoms in total. The lowest BCUT2D eigenvalue weighted by Crippen LogP contribution is -2.61. The highest BCUT2D eigenvalue weighted by molar-refractivity contribution is 7.00. The molecule has 0 aliphatic carbocycles. The standard InChI is InChI=1S/C110H70BN13/c1-10-33-71(34-11-1)91-69-94(113-103(112-91)73-37-14-3-15-38-73)80-57-61-97(124-95-62-58-81(108-118-104(74-39-16-4-17-40-74)116-105(119-108)75-41-18-5-19-42-75)67-86(95)87-68-82(59-63-96(87)124)109-120-106(76-43-20-6-21-44-76)117-107(121-109)77-45-22-7-23-46-77)88(66-80)110-114-92(72-35-12-2-13-36-72)70-93(115-110)79-48-32-47-78(65-79)85-60-64-100-101-102(85)123(84-51-26-9-27-52-84)99-56-31-29-54-90(99)111(101)89-53-28-30-55-98(89)122(100)83-49-24-8-25-50-83/h1-70H. The van der Waals surface area contributed by atoms with E-state index in [0.717, 1.165) is 157 Å². The SMILES string of the molecule is c1ccc(-c2cc(-c3ccc(-n4c5ccc(-c6nc(-c7ccccc7)nc(-c7ccccc7)n6)cc5c5cc(-c6nc(-c7ccccc7)nc(-c7ccccc7)n6)ccc54)c(-c4nc(-c5ccccc5)cc(-c5cccc(-c6ccc7c8c6N(c6ccccc6)c6ccccc6B8c6ccccc6N7c6ccccc6)c5)n4)c3)nc(-c3ccccc3)n2)cc1. The van der Waals surface area contributed by atoms with Gasteiger partial charge < -0.3 is 14.4 Å². The average molecular weight is 1580 g/mol. The average Bonchev–Trinajstić information content (AvgIpc) is 1.16. The lowest BCUT2D eigenvalue weighted by Gasteiger charge is -2.45. The number of para-hydroxylation sites is 4. The number of fused-ring (bicyclic) bond motifs is 7. The van der Waals surface area contributed by atoms with Crippen LogP contribution in [0.4, 0.5) is 34.1 Å². The van der Waals surface area contributed by atoms with Crippen molar-refractivity contribution in [1.82, 2.24) is 54.4 Å². The van der Waals surface area contributed by atoms with Crippen LogP contribution in [0.2, 0.25) is 0 Å². The van der Waals surface area contributed by atoms with E-state index in [1.54, 1.807) is 0 Å². The van der Waals surface area contributed by atoms with Gasteiger partial charge in [-0.3, -0.25) is 0 Å². The summed E-state index contributed by atoms with van der Waals surface area (Å²) in [6.07, 6.45) is 0. The molecule has 0 saturated heterocycles. The first kappa shape index (κ1) is 72.4. The van der Waals surface area contributed by atoms with E-state index in [9.17, 15) is 0 Å². The van der Waals surface area contributed by atoms with Gasteiger partial charge in [0.2, 0.25) is 0 Å². The van der Waals surface area contributed by atoms with Gasteiger partial charge in [0, 0.05) is 112 Å². The number of hydrogen-bond donors (Lipinski definition) is 0. The first-order chi connectivity index (χ1) is 61.5. The monoisotopic (exact) mass is 1580 g/mol. The first-order valence-corrected chi connectivity index (χ1v) is 41.6.